The zero-order valence-electron chi connectivity index (χ0n) is 27.9. The molecule has 11 rings (SSSR count). The number of para-hydroxylation sites is 3. The van der Waals surface area contributed by atoms with Gasteiger partial charge in [0.2, 0.25) is 0 Å². The molecule has 0 saturated carbocycles. The SMILES string of the molecule is c1ccc(-n2c3ccccc3c3c(-c4nc(-c5ccc6ccccc6c5)nc(-c5cccc6cc7oc8ccccc8c7cc56)n4)cccc32)cc1. The Morgan fingerprint density at radius 2 is 1.06 bits per heavy atom. The molecule has 0 bridgehead atoms. The molecule has 0 amide bonds. The third-order valence-electron chi connectivity index (χ3n) is 10.2. The van der Waals surface area contributed by atoms with Crippen LogP contribution >= 0.6 is 0 Å². The molecule has 0 aliphatic rings. The molecule has 0 saturated heterocycles. The van der Waals surface area contributed by atoms with Gasteiger partial charge in [0.15, 0.2) is 17.5 Å². The lowest BCUT2D eigenvalue weighted by Crippen LogP contribution is -2.01. The van der Waals surface area contributed by atoms with E-state index in [2.05, 4.69) is 162 Å². The summed E-state index contributed by atoms with van der Waals surface area (Å²) in [7, 11) is 0. The van der Waals surface area contributed by atoms with Crippen molar-refractivity contribution in [2.45, 2.75) is 0 Å². The lowest BCUT2D eigenvalue weighted by atomic mass is 10.0. The fourth-order valence-corrected chi connectivity index (χ4v) is 7.83. The summed E-state index contributed by atoms with van der Waals surface area (Å²) in [6.45, 7) is 0. The number of hydrogen-bond donors (Lipinski definition) is 0. The van der Waals surface area contributed by atoms with E-state index in [0.29, 0.717) is 17.5 Å². The van der Waals surface area contributed by atoms with E-state index < -0.39 is 0 Å². The number of benzene rings is 8. The number of aromatic nitrogens is 4. The minimum absolute atomic E-state index is 0.620. The van der Waals surface area contributed by atoms with E-state index >= 15 is 0 Å². The molecule has 0 fully saturated rings. The summed E-state index contributed by atoms with van der Waals surface area (Å²) in [6, 6.07) is 59.2. The van der Waals surface area contributed by atoms with Gasteiger partial charge >= 0.3 is 0 Å². The van der Waals surface area contributed by atoms with Gasteiger partial charge in [0, 0.05) is 43.9 Å². The van der Waals surface area contributed by atoms with Crippen LogP contribution in [-0.4, -0.2) is 19.5 Å². The standard InChI is InChI=1S/C47H28N4O/c1-2-15-33(16-3-1)51-40-21-8-6-18-36(40)44-37(20-11-22-41(44)51)47-49-45(32-25-24-29-12-4-5-13-30(29)26-32)48-46(50-47)35-19-10-14-31-27-43-39(28-38(31)35)34-17-7-9-23-42(34)52-43/h1-28H. The maximum atomic E-state index is 6.26. The molecule has 0 atom stereocenters. The summed E-state index contributed by atoms with van der Waals surface area (Å²) in [6.07, 6.45) is 0. The van der Waals surface area contributed by atoms with Crippen LogP contribution < -0.4 is 0 Å². The van der Waals surface area contributed by atoms with Crippen molar-refractivity contribution in [1.29, 1.82) is 0 Å². The summed E-state index contributed by atoms with van der Waals surface area (Å²) in [5.41, 5.74) is 7.90. The minimum atomic E-state index is 0.620. The first kappa shape index (κ1) is 28.7. The molecule has 5 nitrogen and oxygen atoms in total. The third-order valence-corrected chi connectivity index (χ3v) is 10.2. The Hall–Kier alpha value is -7.11. The van der Waals surface area contributed by atoms with Crippen LogP contribution in [0.2, 0.25) is 0 Å². The molecule has 52 heavy (non-hydrogen) atoms. The second-order valence-corrected chi connectivity index (χ2v) is 13.2. The van der Waals surface area contributed by atoms with Gasteiger partial charge in [-0.2, -0.15) is 0 Å². The largest absolute Gasteiger partial charge is 0.456 e. The van der Waals surface area contributed by atoms with E-state index in [0.717, 1.165) is 82.3 Å². The van der Waals surface area contributed by atoms with E-state index in [-0.39, 0.29) is 0 Å². The van der Waals surface area contributed by atoms with E-state index in [9.17, 15) is 0 Å². The van der Waals surface area contributed by atoms with Gasteiger partial charge in [-0.1, -0.05) is 121 Å². The first-order chi connectivity index (χ1) is 25.8. The van der Waals surface area contributed by atoms with Gasteiger partial charge in [-0.25, -0.2) is 15.0 Å². The van der Waals surface area contributed by atoms with Crippen molar-refractivity contribution in [2.24, 2.45) is 0 Å². The Morgan fingerprint density at radius 1 is 0.385 bits per heavy atom. The number of nitrogens with zero attached hydrogens (tertiary/aromatic N) is 4. The maximum absolute atomic E-state index is 6.26. The molecule has 3 aromatic heterocycles. The summed E-state index contributed by atoms with van der Waals surface area (Å²) >= 11 is 0. The minimum Gasteiger partial charge on any atom is -0.456 e. The molecular formula is C47H28N4O. The topological polar surface area (TPSA) is 56.7 Å². The Bertz CT molecular complexity index is 3190. The second kappa shape index (κ2) is 11.2. The van der Waals surface area contributed by atoms with Crippen molar-refractivity contribution in [1.82, 2.24) is 19.5 Å². The summed E-state index contributed by atoms with van der Waals surface area (Å²) < 4.78 is 8.59. The van der Waals surface area contributed by atoms with Crippen molar-refractivity contribution in [2.75, 3.05) is 0 Å². The third kappa shape index (κ3) is 4.39. The Labute approximate surface area is 298 Å². The highest BCUT2D eigenvalue weighted by Crippen LogP contribution is 2.40. The molecule has 0 aliphatic heterocycles. The predicted octanol–water partition coefficient (Wildman–Crippen LogP) is 12.2. The number of fused-ring (bicyclic) bond motifs is 8. The van der Waals surface area contributed by atoms with E-state index in [1.54, 1.807) is 0 Å². The lowest BCUT2D eigenvalue weighted by Gasteiger charge is -2.12. The zero-order chi connectivity index (χ0) is 34.2. The van der Waals surface area contributed by atoms with Gasteiger partial charge in [0.1, 0.15) is 11.2 Å². The molecule has 0 unspecified atom stereocenters. The number of hydrogen-bond acceptors (Lipinski definition) is 4. The fraction of sp³-hybridized carbons (Fsp3) is 0. The van der Waals surface area contributed by atoms with Gasteiger partial charge in [-0.3, -0.25) is 0 Å². The molecule has 242 valence electrons. The number of furan rings is 1. The average molecular weight is 665 g/mol. The fourth-order valence-electron chi connectivity index (χ4n) is 7.83. The molecule has 0 radical (unpaired) electrons. The van der Waals surface area contributed by atoms with Crippen LogP contribution in [0.5, 0.6) is 0 Å². The summed E-state index contributed by atoms with van der Waals surface area (Å²) in [5.74, 6) is 1.87. The highest BCUT2D eigenvalue weighted by molar-refractivity contribution is 6.16. The average Bonchev–Trinajstić information content (AvgIpc) is 3.75. The van der Waals surface area contributed by atoms with E-state index in [4.69, 9.17) is 19.4 Å². The van der Waals surface area contributed by atoms with Crippen LogP contribution in [0, 0.1) is 0 Å². The Morgan fingerprint density at radius 3 is 1.96 bits per heavy atom. The van der Waals surface area contributed by atoms with Gasteiger partial charge in [-0.05, 0) is 70.1 Å². The zero-order valence-corrected chi connectivity index (χ0v) is 27.9. The molecule has 0 N–H and O–H groups in total. The van der Waals surface area contributed by atoms with E-state index in [1.165, 1.54) is 5.39 Å². The smallest absolute Gasteiger partial charge is 0.164 e. The van der Waals surface area contributed by atoms with Crippen LogP contribution in [0.25, 0.3) is 105 Å². The van der Waals surface area contributed by atoms with Crippen molar-refractivity contribution in [3.8, 4) is 39.9 Å². The first-order valence-electron chi connectivity index (χ1n) is 17.4. The van der Waals surface area contributed by atoms with Gasteiger partial charge < -0.3 is 8.98 Å². The molecule has 0 aliphatic carbocycles. The highest BCUT2D eigenvalue weighted by atomic mass is 16.3. The van der Waals surface area contributed by atoms with Crippen LogP contribution in [0.15, 0.2) is 174 Å². The number of rotatable bonds is 4. The van der Waals surface area contributed by atoms with Gasteiger partial charge in [0.25, 0.3) is 0 Å². The molecule has 8 aromatic carbocycles. The van der Waals surface area contributed by atoms with Gasteiger partial charge in [0.05, 0.1) is 11.0 Å². The predicted molar refractivity (Wildman–Crippen MR) is 213 cm³/mol. The Balaban J connectivity index is 1.21. The van der Waals surface area contributed by atoms with Crippen molar-refractivity contribution >= 4 is 65.3 Å². The van der Waals surface area contributed by atoms with Gasteiger partial charge in [-0.15, -0.1) is 0 Å². The van der Waals surface area contributed by atoms with E-state index in [1.807, 2.05) is 12.1 Å². The maximum Gasteiger partial charge on any atom is 0.164 e. The Kier molecular flexibility index (Phi) is 6.18. The van der Waals surface area contributed by atoms with Crippen molar-refractivity contribution in [3.63, 3.8) is 0 Å². The molecule has 11 aromatic rings. The first-order valence-corrected chi connectivity index (χ1v) is 17.4. The lowest BCUT2D eigenvalue weighted by molar-refractivity contribution is 0.669. The molecule has 5 heteroatoms. The second-order valence-electron chi connectivity index (χ2n) is 13.2. The molecular weight excluding hydrogens is 637 g/mol. The van der Waals surface area contributed by atoms with Crippen LogP contribution in [-0.2, 0) is 0 Å². The quantitative estimate of drug-likeness (QED) is 0.188. The highest BCUT2D eigenvalue weighted by Gasteiger charge is 2.21. The molecule has 0 spiro atoms. The molecule has 3 heterocycles. The van der Waals surface area contributed by atoms with Crippen LogP contribution in [0.3, 0.4) is 0 Å². The van der Waals surface area contributed by atoms with Crippen molar-refractivity contribution < 1.29 is 4.42 Å². The monoisotopic (exact) mass is 664 g/mol. The summed E-state index contributed by atoms with van der Waals surface area (Å²) in [5, 5.41) is 8.83. The van der Waals surface area contributed by atoms with Crippen LogP contribution in [0.1, 0.15) is 0 Å². The summed E-state index contributed by atoms with van der Waals surface area (Å²) in [4.78, 5) is 15.8. The van der Waals surface area contributed by atoms with Crippen LogP contribution in [0.4, 0.5) is 0 Å². The normalized spacial score (nSPS) is 11.8. The van der Waals surface area contributed by atoms with Crippen molar-refractivity contribution in [3.05, 3.63) is 170 Å².